The van der Waals surface area contributed by atoms with Gasteiger partial charge in [0.15, 0.2) is 0 Å². The number of sulfonamides is 1. The Labute approximate surface area is 145 Å². The number of carbonyl (C=O) groups excluding carboxylic acids is 3. The van der Waals surface area contributed by atoms with Gasteiger partial charge in [0.2, 0.25) is 15.9 Å². The van der Waals surface area contributed by atoms with Crippen LogP contribution in [0.4, 0.5) is 23.7 Å². The zero-order chi connectivity index (χ0) is 19.9. The molecular formula is C13H13F3N4O5S. The third-order valence-corrected chi connectivity index (χ3v) is 4.89. The number of halogens is 3. The predicted octanol–water partition coefficient (Wildman–Crippen LogP) is 0.363. The number of hydrogen-bond donors (Lipinski definition) is 3. The van der Waals surface area contributed by atoms with Crippen LogP contribution in [0.5, 0.6) is 0 Å². The number of urea groups is 1. The summed E-state index contributed by atoms with van der Waals surface area (Å²) in [5, 5.41) is 3.69. The molecule has 0 unspecified atom stereocenters. The van der Waals surface area contributed by atoms with Crippen molar-refractivity contribution in [3.8, 4) is 0 Å². The molecule has 4 amide bonds. The summed E-state index contributed by atoms with van der Waals surface area (Å²) in [5.74, 6) is -2.24. The van der Waals surface area contributed by atoms with E-state index in [4.69, 9.17) is 0 Å². The third kappa shape index (κ3) is 3.35. The Kier molecular flexibility index (Phi) is 4.72. The maximum Gasteiger partial charge on any atom is 0.435 e. The van der Waals surface area contributed by atoms with Gasteiger partial charge in [-0.05, 0) is 24.3 Å². The molecule has 0 aliphatic carbocycles. The molecule has 1 fully saturated rings. The summed E-state index contributed by atoms with van der Waals surface area (Å²) in [6.45, 7) is 1.21. The fourth-order valence-electron chi connectivity index (χ4n) is 2.14. The molecule has 0 spiro atoms. The summed E-state index contributed by atoms with van der Waals surface area (Å²) < 4.78 is 66.1. The van der Waals surface area contributed by atoms with Crippen molar-refractivity contribution in [3.63, 3.8) is 0 Å². The van der Waals surface area contributed by atoms with E-state index >= 15 is 0 Å². The van der Waals surface area contributed by atoms with Crippen LogP contribution in [-0.2, 0) is 19.6 Å². The molecule has 2 rings (SSSR count). The third-order valence-electron chi connectivity index (χ3n) is 3.42. The molecule has 1 heterocycles. The lowest BCUT2D eigenvalue weighted by atomic mass is 10.2. The number of nitrogens with one attached hydrogen (secondary N) is 3. The lowest BCUT2D eigenvalue weighted by Gasteiger charge is -2.29. The molecule has 1 aromatic rings. The smallest absolute Gasteiger partial charge is 0.326 e. The molecule has 0 bridgehead atoms. The van der Waals surface area contributed by atoms with Crippen molar-refractivity contribution >= 4 is 33.6 Å². The highest BCUT2D eigenvalue weighted by atomic mass is 32.2. The van der Waals surface area contributed by atoms with Crippen LogP contribution in [0.15, 0.2) is 29.2 Å². The Morgan fingerprint density at radius 3 is 2.12 bits per heavy atom. The molecule has 26 heavy (non-hydrogen) atoms. The first kappa shape index (κ1) is 19.7. The van der Waals surface area contributed by atoms with Crippen LogP contribution in [0.1, 0.15) is 6.92 Å². The monoisotopic (exact) mass is 394 g/mol. The lowest BCUT2D eigenvalue weighted by Crippen LogP contribution is -2.69. The number of nitrogens with zero attached hydrogens (tertiary/aromatic N) is 1. The number of carbonyl (C=O) groups is 3. The van der Waals surface area contributed by atoms with Gasteiger partial charge in [-0.3, -0.25) is 14.5 Å². The van der Waals surface area contributed by atoms with E-state index in [2.05, 4.69) is 5.32 Å². The van der Waals surface area contributed by atoms with Gasteiger partial charge in [0.25, 0.3) is 11.6 Å². The number of anilines is 1. The van der Waals surface area contributed by atoms with Crippen LogP contribution >= 0.6 is 0 Å². The van der Waals surface area contributed by atoms with Gasteiger partial charge in [0.05, 0.1) is 4.90 Å². The van der Waals surface area contributed by atoms with E-state index in [0.717, 1.165) is 31.3 Å². The molecule has 0 saturated carbocycles. The highest BCUT2D eigenvalue weighted by Gasteiger charge is 2.69. The quantitative estimate of drug-likeness (QED) is 0.636. The number of likely N-dealkylation sites (N-methyl/N-ethyl adjacent to an activating group) is 1. The number of hydrogen-bond acceptors (Lipinski definition) is 5. The molecule has 142 valence electrons. The molecule has 1 aliphatic rings. The Balaban J connectivity index is 2.41. The van der Waals surface area contributed by atoms with Gasteiger partial charge in [-0.1, -0.05) is 0 Å². The topological polar surface area (TPSA) is 125 Å². The normalized spacial score (nSPS) is 20.9. The van der Waals surface area contributed by atoms with E-state index in [0.29, 0.717) is 0 Å². The van der Waals surface area contributed by atoms with Crippen LogP contribution < -0.4 is 15.4 Å². The number of amides is 4. The summed E-state index contributed by atoms with van der Waals surface area (Å²) in [5.41, 5.74) is -3.60. The second kappa shape index (κ2) is 6.25. The average molecular weight is 394 g/mol. The van der Waals surface area contributed by atoms with Crippen molar-refractivity contribution in [3.05, 3.63) is 24.3 Å². The summed E-state index contributed by atoms with van der Waals surface area (Å²) in [7, 11) is -4.08. The largest absolute Gasteiger partial charge is 0.435 e. The fourth-order valence-corrected chi connectivity index (χ4v) is 3.41. The molecule has 1 aromatic carbocycles. The molecule has 3 N–H and O–H groups in total. The highest BCUT2D eigenvalue weighted by molar-refractivity contribution is 7.89. The van der Waals surface area contributed by atoms with E-state index in [1.54, 1.807) is 0 Å². The fraction of sp³-hybridized carbons (Fsp3) is 0.308. The average Bonchev–Trinajstić information content (AvgIpc) is 2.71. The first-order valence-electron chi connectivity index (χ1n) is 6.89. The zero-order valence-corrected chi connectivity index (χ0v) is 14.2. The summed E-state index contributed by atoms with van der Waals surface area (Å²) in [4.78, 5) is 33.8. The summed E-state index contributed by atoms with van der Waals surface area (Å²) in [6, 6.07) is 2.76. The minimum atomic E-state index is -5.44. The number of benzene rings is 1. The Hall–Kier alpha value is -2.67. The lowest BCUT2D eigenvalue weighted by molar-refractivity contribution is -0.197. The molecule has 13 heteroatoms. The number of alkyl halides is 3. The summed E-state index contributed by atoms with van der Waals surface area (Å²) in [6.07, 6.45) is -5.44. The molecule has 1 saturated heterocycles. The Morgan fingerprint density at radius 2 is 1.73 bits per heavy atom. The number of rotatable bonds is 4. The van der Waals surface area contributed by atoms with Crippen LogP contribution in [0.2, 0.25) is 0 Å². The van der Waals surface area contributed by atoms with Gasteiger partial charge in [0.1, 0.15) is 0 Å². The zero-order valence-electron chi connectivity index (χ0n) is 13.3. The van der Waals surface area contributed by atoms with Crippen molar-refractivity contribution < 1.29 is 36.0 Å². The van der Waals surface area contributed by atoms with Gasteiger partial charge in [0, 0.05) is 19.7 Å². The molecule has 1 aliphatic heterocycles. The van der Waals surface area contributed by atoms with Gasteiger partial charge >= 0.3 is 12.2 Å². The van der Waals surface area contributed by atoms with Gasteiger partial charge in [-0.2, -0.15) is 17.9 Å². The second-order valence-corrected chi connectivity index (χ2v) is 7.04. The van der Waals surface area contributed by atoms with E-state index in [1.807, 2.05) is 0 Å². The number of imide groups is 1. The van der Waals surface area contributed by atoms with Gasteiger partial charge in [-0.15, -0.1) is 0 Å². The molecular weight excluding hydrogens is 381 g/mol. The van der Waals surface area contributed by atoms with Crippen LogP contribution in [0, 0.1) is 0 Å². The summed E-state index contributed by atoms with van der Waals surface area (Å²) >= 11 is 0. The van der Waals surface area contributed by atoms with Crippen molar-refractivity contribution in [1.82, 2.24) is 14.9 Å². The van der Waals surface area contributed by atoms with Crippen LogP contribution in [0.3, 0.4) is 0 Å². The molecule has 0 radical (unpaired) electrons. The van der Waals surface area contributed by atoms with Crippen molar-refractivity contribution in [1.29, 1.82) is 0 Å². The van der Waals surface area contributed by atoms with Gasteiger partial charge < -0.3 is 10.6 Å². The van der Waals surface area contributed by atoms with E-state index < -0.39 is 44.6 Å². The van der Waals surface area contributed by atoms with Crippen molar-refractivity contribution in [2.75, 3.05) is 12.4 Å². The second-order valence-electron chi connectivity index (χ2n) is 5.35. The minimum absolute atomic E-state index is 0.121. The van der Waals surface area contributed by atoms with Crippen molar-refractivity contribution in [2.45, 2.75) is 23.7 Å². The Morgan fingerprint density at radius 1 is 1.19 bits per heavy atom. The van der Waals surface area contributed by atoms with E-state index in [-0.39, 0.29) is 10.6 Å². The van der Waals surface area contributed by atoms with Crippen LogP contribution in [-0.4, -0.2) is 50.1 Å². The predicted molar refractivity (Wildman–Crippen MR) is 81.2 cm³/mol. The van der Waals surface area contributed by atoms with Gasteiger partial charge in [-0.25, -0.2) is 13.2 Å². The molecule has 9 nitrogen and oxygen atoms in total. The van der Waals surface area contributed by atoms with Crippen LogP contribution in [0.25, 0.3) is 0 Å². The minimum Gasteiger partial charge on any atom is -0.326 e. The SMILES string of the molecule is CC(=O)Nc1ccc(S(=O)(=O)N[C@@]2(C(F)(F)F)NC(=O)N(C)C2=O)cc1. The first-order chi connectivity index (χ1) is 11.8. The van der Waals surface area contributed by atoms with E-state index in [9.17, 15) is 36.0 Å². The standard InChI is InChI=1S/C13H13F3N4O5S/c1-7(21)17-8-3-5-9(6-4-8)26(24,25)19-12(13(14,15)16)10(22)20(2)11(23)18-12/h3-6,19H,1-2H3,(H,17,21)(H,18,23)/t12-/m0/s1. The highest BCUT2D eigenvalue weighted by Crippen LogP contribution is 2.34. The molecule has 0 aromatic heterocycles. The Bertz CT molecular complexity index is 869. The maximum absolute atomic E-state index is 13.4. The molecule has 1 atom stereocenters. The maximum atomic E-state index is 13.4. The van der Waals surface area contributed by atoms with Crippen molar-refractivity contribution in [2.24, 2.45) is 0 Å². The van der Waals surface area contributed by atoms with E-state index in [1.165, 1.54) is 17.0 Å². The first-order valence-corrected chi connectivity index (χ1v) is 8.37.